The zero-order chi connectivity index (χ0) is 10.8. The van der Waals surface area contributed by atoms with E-state index in [9.17, 15) is 0 Å². The summed E-state index contributed by atoms with van der Waals surface area (Å²) in [6, 6.07) is 3.87. The van der Waals surface area contributed by atoms with Gasteiger partial charge < -0.3 is 5.73 Å². The summed E-state index contributed by atoms with van der Waals surface area (Å²) >= 11 is 7.43. The van der Waals surface area contributed by atoms with Gasteiger partial charge in [0.05, 0.1) is 14.9 Å². The zero-order valence-electron chi connectivity index (χ0n) is 8.38. The van der Waals surface area contributed by atoms with Crippen molar-refractivity contribution in [2.45, 2.75) is 19.8 Å². The third-order valence-electron chi connectivity index (χ3n) is 2.22. The highest BCUT2D eigenvalue weighted by Crippen LogP contribution is 2.33. The van der Waals surface area contributed by atoms with Crippen molar-refractivity contribution < 1.29 is 0 Å². The van der Waals surface area contributed by atoms with E-state index >= 15 is 0 Å². The van der Waals surface area contributed by atoms with Crippen LogP contribution in [0.25, 0.3) is 10.6 Å². The molecule has 2 aromatic heterocycles. The molecular weight excluding hydrogens is 230 g/mol. The van der Waals surface area contributed by atoms with Gasteiger partial charge in [-0.15, -0.1) is 11.3 Å². The molecule has 80 valence electrons. The Kier molecular flexibility index (Phi) is 2.98. The number of anilines is 1. The maximum Gasteiger partial charge on any atom is 0.149 e. The Morgan fingerprint density at radius 3 is 2.93 bits per heavy atom. The molecule has 2 rings (SSSR count). The molecule has 0 radical (unpaired) electrons. The number of thiophene rings is 1. The van der Waals surface area contributed by atoms with Crippen LogP contribution < -0.4 is 5.73 Å². The van der Waals surface area contributed by atoms with Gasteiger partial charge >= 0.3 is 0 Å². The number of nitrogens with zero attached hydrogens (tertiary/aromatic N) is 1. The van der Waals surface area contributed by atoms with Crippen LogP contribution in [0, 0.1) is 0 Å². The monoisotopic (exact) mass is 241 g/mol. The Morgan fingerprint density at radius 2 is 2.33 bits per heavy atom. The number of halogens is 1. The van der Waals surface area contributed by atoms with Crippen molar-refractivity contribution in [2.75, 3.05) is 5.73 Å². The first kappa shape index (κ1) is 10.5. The largest absolute Gasteiger partial charge is 0.382 e. The van der Waals surface area contributed by atoms with Crippen LogP contribution in [0.15, 0.2) is 12.1 Å². The van der Waals surface area contributed by atoms with Crippen LogP contribution in [0.1, 0.15) is 18.9 Å². The van der Waals surface area contributed by atoms with Crippen LogP contribution in [0.5, 0.6) is 0 Å². The van der Waals surface area contributed by atoms with Crippen LogP contribution >= 0.6 is 22.9 Å². The molecule has 0 saturated heterocycles. The van der Waals surface area contributed by atoms with E-state index in [0.29, 0.717) is 5.82 Å². The maximum absolute atomic E-state index is 5.90. The highest BCUT2D eigenvalue weighted by molar-refractivity contribution is 7.19. The van der Waals surface area contributed by atoms with E-state index in [1.807, 2.05) is 12.1 Å². The first-order valence-corrected chi connectivity index (χ1v) is 6.00. The highest BCUT2D eigenvalue weighted by Gasteiger charge is 2.13. The van der Waals surface area contributed by atoms with E-state index in [1.54, 1.807) is 0 Å². The van der Waals surface area contributed by atoms with Gasteiger partial charge in [0.2, 0.25) is 0 Å². The van der Waals surface area contributed by atoms with Crippen LogP contribution in [-0.4, -0.2) is 10.2 Å². The molecule has 0 saturated carbocycles. The Hall–Kier alpha value is -1.000. The van der Waals surface area contributed by atoms with Gasteiger partial charge in [-0.3, -0.25) is 5.10 Å². The Balaban J connectivity index is 2.43. The van der Waals surface area contributed by atoms with Crippen molar-refractivity contribution in [1.29, 1.82) is 0 Å². The van der Waals surface area contributed by atoms with Crippen molar-refractivity contribution in [3.8, 4) is 10.6 Å². The lowest BCUT2D eigenvalue weighted by atomic mass is 10.1. The summed E-state index contributed by atoms with van der Waals surface area (Å²) in [6.07, 6.45) is 1.99. The molecule has 0 atom stereocenters. The lowest BCUT2D eigenvalue weighted by Crippen LogP contribution is -1.91. The van der Waals surface area contributed by atoms with E-state index in [1.165, 1.54) is 11.3 Å². The van der Waals surface area contributed by atoms with E-state index < -0.39 is 0 Å². The number of hydrogen-bond donors (Lipinski definition) is 2. The first-order chi connectivity index (χ1) is 7.22. The molecular formula is C10H12ClN3S. The van der Waals surface area contributed by atoms with Crippen LogP contribution in [-0.2, 0) is 6.42 Å². The molecule has 2 heterocycles. The summed E-state index contributed by atoms with van der Waals surface area (Å²) < 4.78 is 0.778. The first-order valence-electron chi connectivity index (χ1n) is 4.80. The van der Waals surface area contributed by atoms with Crippen molar-refractivity contribution in [3.63, 3.8) is 0 Å². The van der Waals surface area contributed by atoms with Crippen LogP contribution in [0.4, 0.5) is 5.82 Å². The van der Waals surface area contributed by atoms with E-state index in [0.717, 1.165) is 33.3 Å². The molecule has 15 heavy (non-hydrogen) atoms. The highest BCUT2D eigenvalue weighted by atomic mass is 35.5. The molecule has 5 heteroatoms. The molecule has 0 aliphatic heterocycles. The van der Waals surface area contributed by atoms with Gasteiger partial charge in [0.25, 0.3) is 0 Å². The number of H-pyrrole nitrogens is 1. The normalized spacial score (nSPS) is 10.8. The molecule has 0 amide bonds. The average molecular weight is 242 g/mol. The Labute approximate surface area is 97.3 Å². The van der Waals surface area contributed by atoms with E-state index in [2.05, 4.69) is 17.1 Å². The minimum Gasteiger partial charge on any atom is -0.382 e. The lowest BCUT2D eigenvalue weighted by molar-refractivity contribution is 0.927. The molecule has 3 nitrogen and oxygen atoms in total. The number of nitrogen functional groups attached to an aromatic ring is 1. The molecule has 3 N–H and O–H groups in total. The molecule has 0 aliphatic rings. The van der Waals surface area contributed by atoms with Gasteiger partial charge in [0.15, 0.2) is 0 Å². The number of aromatic amines is 1. The van der Waals surface area contributed by atoms with Crippen LogP contribution in [0.2, 0.25) is 4.34 Å². The number of nitrogens with one attached hydrogen (secondary N) is 1. The van der Waals surface area contributed by atoms with Crippen molar-refractivity contribution >= 4 is 28.8 Å². The summed E-state index contributed by atoms with van der Waals surface area (Å²) in [7, 11) is 0. The topological polar surface area (TPSA) is 54.7 Å². The zero-order valence-corrected chi connectivity index (χ0v) is 9.95. The second-order valence-electron chi connectivity index (χ2n) is 3.32. The van der Waals surface area contributed by atoms with Gasteiger partial charge in [-0.05, 0) is 18.6 Å². The molecule has 2 aromatic rings. The summed E-state index contributed by atoms with van der Waals surface area (Å²) in [6.45, 7) is 2.12. The molecule has 0 fully saturated rings. The van der Waals surface area contributed by atoms with Crippen molar-refractivity contribution in [2.24, 2.45) is 0 Å². The number of nitrogens with two attached hydrogens (primary N) is 1. The maximum atomic E-state index is 5.90. The summed E-state index contributed by atoms with van der Waals surface area (Å²) in [4.78, 5) is 1.09. The minimum absolute atomic E-state index is 0.594. The smallest absolute Gasteiger partial charge is 0.149 e. The fourth-order valence-electron chi connectivity index (χ4n) is 1.53. The van der Waals surface area contributed by atoms with Gasteiger partial charge in [0.1, 0.15) is 5.82 Å². The summed E-state index contributed by atoms with van der Waals surface area (Å²) in [5.41, 5.74) is 7.90. The van der Waals surface area contributed by atoms with Gasteiger partial charge in [-0.1, -0.05) is 24.9 Å². The Morgan fingerprint density at radius 1 is 1.53 bits per heavy atom. The second-order valence-corrected chi connectivity index (χ2v) is 5.03. The third-order valence-corrected chi connectivity index (χ3v) is 3.47. The number of hydrogen-bond acceptors (Lipinski definition) is 3. The SMILES string of the molecule is CCCc1c(N)n[nH]c1-c1ccc(Cl)s1. The molecule has 0 aliphatic carbocycles. The molecule has 0 bridgehead atoms. The van der Waals surface area contributed by atoms with Gasteiger partial charge in [0, 0.05) is 5.56 Å². The number of aromatic nitrogens is 2. The summed E-state index contributed by atoms with van der Waals surface area (Å²) in [5.74, 6) is 0.594. The van der Waals surface area contributed by atoms with Crippen LogP contribution in [0.3, 0.4) is 0 Å². The molecule has 0 aromatic carbocycles. The fourth-order valence-corrected chi connectivity index (χ4v) is 2.60. The van der Waals surface area contributed by atoms with Crippen molar-refractivity contribution in [3.05, 3.63) is 22.0 Å². The van der Waals surface area contributed by atoms with Gasteiger partial charge in [-0.25, -0.2) is 0 Å². The molecule has 0 spiro atoms. The standard InChI is InChI=1S/C10H12ClN3S/c1-2-3-6-9(13-14-10(6)12)7-4-5-8(11)15-7/h4-5H,2-3H2,1H3,(H3,12,13,14). The average Bonchev–Trinajstić information content (AvgIpc) is 2.76. The predicted octanol–water partition coefficient (Wildman–Crippen LogP) is 3.33. The van der Waals surface area contributed by atoms with Gasteiger partial charge in [-0.2, -0.15) is 5.10 Å². The fraction of sp³-hybridized carbons (Fsp3) is 0.300. The van der Waals surface area contributed by atoms with E-state index in [-0.39, 0.29) is 0 Å². The third kappa shape index (κ3) is 2.01. The lowest BCUT2D eigenvalue weighted by Gasteiger charge is -1.99. The summed E-state index contributed by atoms with van der Waals surface area (Å²) in [5, 5.41) is 7.00. The minimum atomic E-state index is 0.594. The predicted molar refractivity (Wildman–Crippen MR) is 65.3 cm³/mol. The van der Waals surface area contributed by atoms with E-state index in [4.69, 9.17) is 17.3 Å². The second kappa shape index (κ2) is 4.24. The molecule has 0 unspecified atom stereocenters. The Bertz CT molecular complexity index is 461. The number of rotatable bonds is 3. The quantitative estimate of drug-likeness (QED) is 0.866. The van der Waals surface area contributed by atoms with Crippen molar-refractivity contribution in [1.82, 2.24) is 10.2 Å².